The Hall–Kier alpha value is 1.02. The number of hydrogen-bond donors (Lipinski definition) is 1. The predicted octanol–water partition coefficient (Wildman–Crippen LogP) is 14.6. The van der Waals surface area contributed by atoms with Crippen LogP contribution in [0, 0.1) is 0 Å². The number of hydrogen-bond acceptors (Lipinski definition) is 16. The van der Waals surface area contributed by atoms with Crippen LogP contribution in [0.15, 0.2) is 91.0 Å². The minimum atomic E-state index is -5.37. The Balaban J connectivity index is 1.61. The number of phosphoric ester groups is 2. The van der Waals surface area contributed by atoms with Crippen LogP contribution in [0.25, 0.3) is 0 Å². The number of phosphoric acid groups is 2. The summed E-state index contributed by atoms with van der Waals surface area (Å²) < 4.78 is 88.5. The van der Waals surface area contributed by atoms with Crippen LogP contribution in [0.1, 0.15) is 48.8 Å². The molecule has 6 rings (SSSR count). The second-order valence-corrected chi connectivity index (χ2v) is 31.3. The van der Waals surface area contributed by atoms with Gasteiger partial charge in [-0.1, -0.05) is 237 Å². The number of halogens is 12. The topological polar surface area (TPSA) is 182 Å². The van der Waals surface area contributed by atoms with Gasteiger partial charge in [-0.15, -0.1) is 0 Å². The standard InChI is InChI=1S/C41H44Cl12O16P3/c42-38(43,44)24-61-70(55,69-58-21-27-13-5-1-6-14-27)35-33-31(65-37(66-33)19-11-4-12-20-37)30(64-36(54)41(51,52)53)32(67-71(56,62-25-39(45,46)47)59-22-28-15-7-2-8-16-28)34(35)68-72(57,63-26-40(48,49)50)60-23-29-17-9-3-10-18-29/h1-3,5-10,13-18,30-35,55H,4,11-12,19-26H2/q+1. The second-order valence-electron chi connectivity index (χ2n) is 16.1. The molecule has 1 spiro atoms. The molecule has 16 nitrogen and oxygen atoms in total. The molecule has 1 saturated heterocycles. The van der Waals surface area contributed by atoms with Gasteiger partial charge in [0.25, 0.3) is 3.79 Å². The lowest BCUT2D eigenvalue weighted by Gasteiger charge is -2.46. The monoisotopic (exact) mass is 1300 g/mol. The van der Waals surface area contributed by atoms with Crippen LogP contribution in [0.5, 0.6) is 0 Å². The number of carbonyl (C=O) groups excluding carboxylic acids is 1. The number of carbonyl (C=O) groups is 1. The number of alkyl halides is 12. The lowest BCUT2D eigenvalue weighted by molar-refractivity contribution is -0.238. The molecule has 0 amide bonds. The van der Waals surface area contributed by atoms with E-state index in [4.69, 9.17) is 195 Å². The SMILES string of the molecule is O=C(OC1C2OC3(CCCCC3)OC2C([P+](O)(OCC(Cl)(Cl)Cl)OOCc2ccccc2)C(OP(=O)(OCc2ccccc2)OCC(Cl)(Cl)Cl)C1OP(=O)(OCc1ccccc1)OCC(Cl)(Cl)Cl)C(Cl)(Cl)Cl. The Morgan fingerprint density at radius 2 is 1.01 bits per heavy atom. The van der Waals surface area contributed by atoms with Gasteiger partial charge in [0.15, 0.2) is 11.9 Å². The van der Waals surface area contributed by atoms with Crippen molar-refractivity contribution in [2.75, 3.05) is 19.8 Å². The van der Waals surface area contributed by atoms with E-state index in [1.807, 2.05) is 0 Å². The van der Waals surface area contributed by atoms with Crippen molar-refractivity contribution in [1.29, 1.82) is 0 Å². The normalized spacial score (nSPS) is 25.2. The molecular formula is C41H44Cl12O16P3+. The Bertz CT molecular complexity index is 2290. The number of ether oxygens (including phenoxy) is 3. The zero-order chi connectivity index (χ0) is 52.6. The fraction of sp³-hybridized carbons (Fsp3) is 0.537. The van der Waals surface area contributed by atoms with Gasteiger partial charge in [-0.3, -0.25) is 27.1 Å². The highest BCUT2D eigenvalue weighted by Crippen LogP contribution is 2.71. The zero-order valence-corrected chi connectivity index (χ0v) is 48.6. The molecule has 0 bridgehead atoms. The van der Waals surface area contributed by atoms with Gasteiger partial charge in [0.05, 0.1) is 13.2 Å². The first kappa shape index (κ1) is 62.2. The number of benzene rings is 3. The average molecular weight is 1310 g/mol. The number of rotatable bonds is 22. The van der Waals surface area contributed by atoms with Crippen molar-refractivity contribution in [2.45, 2.75) is 109 Å². The minimum Gasteiger partial charge on any atom is -0.453 e. The minimum absolute atomic E-state index is 0.211. The average Bonchev–Trinajstić information content (AvgIpc) is 3.67. The fourth-order valence-corrected chi connectivity index (χ4v) is 13.8. The maximum Gasteiger partial charge on any atom is 0.475 e. The summed E-state index contributed by atoms with van der Waals surface area (Å²) in [6.07, 6.45) is -7.91. The Kier molecular flexibility index (Phi) is 22.9. The largest absolute Gasteiger partial charge is 0.475 e. The summed E-state index contributed by atoms with van der Waals surface area (Å²) in [5.74, 6) is -3.10. The molecule has 2 saturated carbocycles. The lowest BCUT2D eigenvalue weighted by atomic mass is 9.86. The smallest absolute Gasteiger partial charge is 0.453 e. The summed E-state index contributed by atoms with van der Waals surface area (Å²) in [4.78, 5) is 32.8. The van der Waals surface area contributed by atoms with Crippen LogP contribution in [0.3, 0.4) is 0 Å². The molecule has 2 aliphatic carbocycles. The molecule has 0 radical (unpaired) electrons. The van der Waals surface area contributed by atoms with Gasteiger partial charge >= 0.3 is 29.6 Å². The van der Waals surface area contributed by atoms with Crippen LogP contribution < -0.4 is 0 Å². The maximum atomic E-state index is 15.5. The van der Waals surface area contributed by atoms with Gasteiger partial charge < -0.3 is 14.2 Å². The van der Waals surface area contributed by atoms with E-state index in [-0.39, 0.29) is 19.4 Å². The quantitative estimate of drug-likeness (QED) is 0.0329. The first-order valence-electron chi connectivity index (χ1n) is 21.3. The van der Waals surface area contributed by atoms with E-state index < -0.39 is 120 Å². The zero-order valence-electron chi connectivity index (χ0n) is 36.9. The van der Waals surface area contributed by atoms with Crippen molar-refractivity contribution in [3.63, 3.8) is 0 Å². The summed E-state index contributed by atoms with van der Waals surface area (Å²) in [5, 5.41) is 0. The second kappa shape index (κ2) is 26.5. The van der Waals surface area contributed by atoms with Gasteiger partial charge in [0, 0.05) is 12.8 Å². The highest BCUT2D eigenvalue weighted by molar-refractivity contribution is 7.61. The molecule has 3 aromatic carbocycles. The third-order valence-corrected chi connectivity index (χ3v) is 16.9. The van der Waals surface area contributed by atoms with Crippen LogP contribution in [-0.2, 0) is 89.2 Å². The number of esters is 1. The Morgan fingerprint density at radius 3 is 1.46 bits per heavy atom. The summed E-state index contributed by atoms with van der Waals surface area (Å²) in [5.41, 5.74) is -0.690. The van der Waals surface area contributed by atoms with E-state index >= 15 is 9.13 Å². The van der Waals surface area contributed by atoms with Crippen LogP contribution >= 0.6 is 163 Å². The summed E-state index contributed by atoms with van der Waals surface area (Å²) in [6.45, 7) is -4.31. The van der Waals surface area contributed by atoms with E-state index in [0.717, 1.165) is 6.42 Å². The van der Waals surface area contributed by atoms with Crippen molar-refractivity contribution in [3.05, 3.63) is 108 Å². The van der Waals surface area contributed by atoms with Gasteiger partial charge in [-0.2, -0.15) is 14.3 Å². The molecule has 0 aromatic heterocycles. The van der Waals surface area contributed by atoms with Crippen molar-refractivity contribution in [1.82, 2.24) is 0 Å². The van der Waals surface area contributed by atoms with Gasteiger partial charge in [0.2, 0.25) is 17.0 Å². The first-order chi connectivity index (χ1) is 33.6. The van der Waals surface area contributed by atoms with Crippen molar-refractivity contribution < 1.29 is 74.3 Å². The van der Waals surface area contributed by atoms with Gasteiger partial charge in [-0.05, 0) is 34.2 Å². The van der Waals surface area contributed by atoms with E-state index in [2.05, 4.69) is 0 Å². The Morgan fingerprint density at radius 1 is 0.583 bits per heavy atom. The van der Waals surface area contributed by atoms with Crippen LogP contribution in [-0.4, -0.2) is 87.8 Å². The maximum absolute atomic E-state index is 15.5. The van der Waals surface area contributed by atoms with E-state index in [1.165, 1.54) is 0 Å². The van der Waals surface area contributed by atoms with Crippen LogP contribution in [0.2, 0.25) is 0 Å². The third-order valence-electron chi connectivity index (χ3n) is 10.5. The molecule has 31 heteroatoms. The van der Waals surface area contributed by atoms with E-state index in [1.54, 1.807) is 91.0 Å². The first-order valence-corrected chi connectivity index (χ1v) is 30.4. The lowest BCUT2D eigenvalue weighted by Crippen LogP contribution is -2.65. The third kappa shape index (κ3) is 19.1. The highest BCUT2D eigenvalue weighted by atomic mass is 35.6. The predicted molar refractivity (Wildman–Crippen MR) is 277 cm³/mol. The molecule has 402 valence electrons. The van der Waals surface area contributed by atoms with Crippen LogP contribution in [0.4, 0.5) is 0 Å². The number of fused-ring (bicyclic) bond motifs is 1. The fourth-order valence-electron chi connectivity index (χ4n) is 7.52. The van der Waals surface area contributed by atoms with Gasteiger partial charge in [-0.25, -0.2) is 13.9 Å². The molecule has 3 aromatic rings. The highest BCUT2D eigenvalue weighted by Gasteiger charge is 2.75. The molecular weight excluding hydrogens is 1270 g/mol. The molecule has 9 atom stereocenters. The summed E-state index contributed by atoms with van der Waals surface area (Å²) in [7, 11) is -15.8. The molecule has 3 aliphatic rings. The van der Waals surface area contributed by atoms with Crippen molar-refractivity contribution >= 4 is 169 Å². The van der Waals surface area contributed by atoms with Crippen molar-refractivity contribution in [2.24, 2.45) is 0 Å². The molecule has 1 aliphatic heterocycles. The molecule has 1 heterocycles. The molecule has 9 unspecified atom stereocenters. The van der Waals surface area contributed by atoms with Gasteiger partial charge in [0.1, 0.15) is 50.8 Å². The van der Waals surface area contributed by atoms with E-state index in [9.17, 15) is 9.69 Å². The Labute approximate surface area is 475 Å². The summed E-state index contributed by atoms with van der Waals surface area (Å²) in [6, 6.07) is 24.9. The molecule has 72 heavy (non-hydrogen) atoms. The van der Waals surface area contributed by atoms with Crippen molar-refractivity contribution in [3.8, 4) is 0 Å². The molecule has 1 N–H and O–H groups in total. The van der Waals surface area contributed by atoms with E-state index in [0.29, 0.717) is 29.5 Å². The summed E-state index contributed by atoms with van der Waals surface area (Å²) >= 11 is 73.8. The molecule has 3 fully saturated rings.